The van der Waals surface area contributed by atoms with Crippen LogP contribution in [0.15, 0.2) is 0 Å². The third-order valence-electron chi connectivity index (χ3n) is 4.64. The number of hydrogen-bond donors (Lipinski definition) is 2. The van der Waals surface area contributed by atoms with E-state index in [1.165, 1.54) is 12.8 Å². The van der Waals surface area contributed by atoms with E-state index in [-0.39, 0.29) is 6.10 Å². The Balaban J connectivity index is 1.82. The van der Waals surface area contributed by atoms with Crippen LogP contribution in [0, 0.1) is 11.3 Å². The van der Waals surface area contributed by atoms with Gasteiger partial charge >= 0.3 is 5.97 Å². The number of carbonyl (C=O) groups is 1. The maximum absolute atomic E-state index is 10.6. The van der Waals surface area contributed by atoms with Crippen molar-refractivity contribution in [2.75, 3.05) is 0 Å². The fourth-order valence-electron chi connectivity index (χ4n) is 3.46. The molecule has 2 saturated carbocycles. The summed E-state index contributed by atoms with van der Waals surface area (Å²) in [5.74, 6) is -0.255. The number of aliphatic hydroxyl groups excluding tert-OH is 1. The molecule has 2 aliphatic rings. The summed E-state index contributed by atoms with van der Waals surface area (Å²) >= 11 is 0. The van der Waals surface area contributed by atoms with E-state index in [1.807, 2.05) is 0 Å². The van der Waals surface area contributed by atoms with Crippen molar-refractivity contribution in [1.29, 1.82) is 0 Å². The van der Waals surface area contributed by atoms with Gasteiger partial charge in [-0.15, -0.1) is 0 Å². The molecule has 0 bridgehead atoms. The number of hydrogen-bond acceptors (Lipinski definition) is 2. The Labute approximate surface area is 96.9 Å². The number of aliphatic carboxylic acids is 1. The minimum absolute atomic E-state index is 0.0811. The first-order valence-corrected chi connectivity index (χ1v) is 6.49. The van der Waals surface area contributed by atoms with Crippen molar-refractivity contribution in [3.63, 3.8) is 0 Å². The first kappa shape index (κ1) is 11.9. The second kappa shape index (κ2) is 4.74. The third kappa shape index (κ3) is 2.76. The van der Waals surface area contributed by atoms with E-state index in [0.717, 1.165) is 38.5 Å². The summed E-state index contributed by atoms with van der Waals surface area (Å²) in [7, 11) is 0. The first-order chi connectivity index (χ1) is 7.60. The number of rotatable bonds is 2. The zero-order chi connectivity index (χ0) is 11.6. The summed E-state index contributed by atoms with van der Waals surface area (Å²) in [5, 5.41) is 18.3. The Morgan fingerprint density at radius 1 is 1.06 bits per heavy atom. The van der Waals surface area contributed by atoms with E-state index in [2.05, 4.69) is 0 Å². The van der Waals surface area contributed by atoms with E-state index in [4.69, 9.17) is 5.11 Å². The van der Waals surface area contributed by atoms with Crippen molar-refractivity contribution in [2.24, 2.45) is 11.3 Å². The second-order valence-electron chi connectivity index (χ2n) is 5.77. The van der Waals surface area contributed by atoms with Crippen molar-refractivity contribution < 1.29 is 15.0 Å². The molecule has 3 heteroatoms. The van der Waals surface area contributed by atoms with Crippen LogP contribution in [0.3, 0.4) is 0 Å². The van der Waals surface area contributed by atoms with Gasteiger partial charge in [-0.3, -0.25) is 4.79 Å². The highest BCUT2D eigenvalue weighted by Crippen LogP contribution is 2.49. The minimum atomic E-state index is -0.653. The molecule has 0 atom stereocenters. The Bertz CT molecular complexity index is 244. The van der Waals surface area contributed by atoms with E-state index in [1.54, 1.807) is 0 Å². The summed E-state index contributed by atoms with van der Waals surface area (Å²) in [4.78, 5) is 10.6. The molecular formula is C13H22O3. The smallest absolute Gasteiger partial charge is 0.303 e. The summed E-state index contributed by atoms with van der Waals surface area (Å²) < 4.78 is 0. The average molecular weight is 226 g/mol. The highest BCUT2D eigenvalue weighted by molar-refractivity contribution is 5.67. The Kier molecular flexibility index (Phi) is 3.53. The first-order valence-electron chi connectivity index (χ1n) is 6.49. The van der Waals surface area contributed by atoms with Crippen LogP contribution in [-0.4, -0.2) is 22.3 Å². The van der Waals surface area contributed by atoms with E-state index in [0.29, 0.717) is 17.8 Å². The maximum Gasteiger partial charge on any atom is 0.303 e. The van der Waals surface area contributed by atoms with Crippen molar-refractivity contribution in [3.05, 3.63) is 0 Å². The van der Waals surface area contributed by atoms with Crippen molar-refractivity contribution in [3.8, 4) is 0 Å². The summed E-state index contributed by atoms with van der Waals surface area (Å²) in [5.41, 5.74) is 0.453. The number of carboxylic acid groups (broad SMARTS) is 1. The van der Waals surface area contributed by atoms with Crippen LogP contribution in [0.4, 0.5) is 0 Å². The Morgan fingerprint density at radius 2 is 1.56 bits per heavy atom. The molecule has 0 aliphatic heterocycles. The molecule has 0 radical (unpaired) electrons. The average Bonchev–Trinajstić information content (AvgIpc) is 2.26. The molecule has 0 saturated heterocycles. The van der Waals surface area contributed by atoms with Gasteiger partial charge in [0.05, 0.1) is 6.10 Å². The molecular weight excluding hydrogens is 204 g/mol. The Morgan fingerprint density at radius 3 is 2.06 bits per heavy atom. The number of carboxylic acids is 1. The summed E-state index contributed by atoms with van der Waals surface area (Å²) in [6.07, 6.45) is 8.95. The molecule has 0 heterocycles. The molecule has 2 fully saturated rings. The molecule has 1 spiro atoms. The van der Waals surface area contributed by atoms with Gasteiger partial charge in [0.1, 0.15) is 0 Å². The van der Waals surface area contributed by atoms with Gasteiger partial charge in [-0.05, 0) is 62.7 Å². The molecule has 16 heavy (non-hydrogen) atoms. The SMILES string of the molecule is O=C(O)CC1CCC2(CCC(O)CC2)CC1. The predicted octanol–water partition coefficient (Wildman–Crippen LogP) is 2.57. The van der Waals surface area contributed by atoms with Crippen molar-refractivity contribution in [2.45, 2.75) is 63.9 Å². The van der Waals surface area contributed by atoms with Crippen LogP contribution < -0.4 is 0 Å². The zero-order valence-electron chi connectivity index (χ0n) is 9.82. The predicted molar refractivity (Wildman–Crippen MR) is 61.1 cm³/mol. The molecule has 92 valence electrons. The van der Waals surface area contributed by atoms with Gasteiger partial charge in [0.2, 0.25) is 0 Å². The topological polar surface area (TPSA) is 57.5 Å². The standard InChI is InChI=1S/C13H22O3/c14-11-3-7-13(8-4-11)5-1-10(2-6-13)9-12(15)16/h10-11,14H,1-9H2,(H,15,16). The van der Waals surface area contributed by atoms with Crippen molar-refractivity contribution in [1.82, 2.24) is 0 Å². The van der Waals surface area contributed by atoms with Gasteiger partial charge in [0.15, 0.2) is 0 Å². The molecule has 0 amide bonds. The van der Waals surface area contributed by atoms with Crippen LogP contribution in [0.5, 0.6) is 0 Å². The molecule has 0 aromatic carbocycles. The third-order valence-corrected chi connectivity index (χ3v) is 4.64. The van der Waals surface area contributed by atoms with Gasteiger partial charge in [0.25, 0.3) is 0 Å². The number of aliphatic hydroxyl groups is 1. The van der Waals surface area contributed by atoms with Gasteiger partial charge in [-0.25, -0.2) is 0 Å². The highest BCUT2D eigenvalue weighted by atomic mass is 16.4. The molecule has 0 unspecified atom stereocenters. The molecule has 3 nitrogen and oxygen atoms in total. The lowest BCUT2D eigenvalue weighted by molar-refractivity contribution is -0.138. The normalized spacial score (nSPS) is 39.8. The van der Waals surface area contributed by atoms with Crippen LogP contribution in [0.1, 0.15) is 57.8 Å². The quantitative estimate of drug-likeness (QED) is 0.760. The van der Waals surface area contributed by atoms with Crippen molar-refractivity contribution >= 4 is 5.97 Å². The highest BCUT2D eigenvalue weighted by Gasteiger charge is 2.38. The van der Waals surface area contributed by atoms with Gasteiger partial charge in [-0.1, -0.05) is 0 Å². The lowest BCUT2D eigenvalue weighted by atomic mass is 9.62. The molecule has 2 rings (SSSR count). The zero-order valence-corrected chi connectivity index (χ0v) is 9.82. The summed E-state index contributed by atoms with van der Waals surface area (Å²) in [6.45, 7) is 0. The van der Waals surface area contributed by atoms with Crippen LogP contribution in [-0.2, 0) is 4.79 Å². The van der Waals surface area contributed by atoms with Crippen LogP contribution >= 0.6 is 0 Å². The lowest BCUT2D eigenvalue weighted by Gasteiger charge is -2.44. The second-order valence-corrected chi connectivity index (χ2v) is 5.77. The monoisotopic (exact) mass is 226 g/mol. The summed E-state index contributed by atoms with van der Waals surface area (Å²) in [6, 6.07) is 0. The fourth-order valence-corrected chi connectivity index (χ4v) is 3.46. The lowest BCUT2D eigenvalue weighted by Crippen LogP contribution is -2.33. The van der Waals surface area contributed by atoms with E-state index in [9.17, 15) is 9.90 Å². The Hall–Kier alpha value is -0.570. The van der Waals surface area contributed by atoms with Crippen LogP contribution in [0.2, 0.25) is 0 Å². The van der Waals surface area contributed by atoms with Crippen LogP contribution in [0.25, 0.3) is 0 Å². The van der Waals surface area contributed by atoms with Gasteiger partial charge in [-0.2, -0.15) is 0 Å². The maximum atomic E-state index is 10.6. The van der Waals surface area contributed by atoms with E-state index < -0.39 is 5.97 Å². The van der Waals surface area contributed by atoms with Gasteiger partial charge < -0.3 is 10.2 Å². The van der Waals surface area contributed by atoms with E-state index >= 15 is 0 Å². The largest absolute Gasteiger partial charge is 0.481 e. The van der Waals surface area contributed by atoms with Gasteiger partial charge in [0, 0.05) is 6.42 Å². The molecule has 0 aromatic heterocycles. The fraction of sp³-hybridized carbons (Fsp3) is 0.923. The molecule has 2 N–H and O–H groups in total. The molecule has 0 aromatic rings. The molecule has 2 aliphatic carbocycles. The minimum Gasteiger partial charge on any atom is -0.481 e.